The van der Waals surface area contributed by atoms with Gasteiger partial charge >= 0.3 is 0 Å². The maximum Gasteiger partial charge on any atom is 0.268 e. The van der Waals surface area contributed by atoms with Crippen LogP contribution in [0.2, 0.25) is 0 Å². The van der Waals surface area contributed by atoms with Crippen molar-refractivity contribution < 1.29 is 19.0 Å². The number of methoxy groups -OCH3 is 3. The van der Waals surface area contributed by atoms with Gasteiger partial charge in [-0.05, 0) is 18.6 Å². The molecular weight excluding hydrogens is 376 g/mol. The fourth-order valence-corrected chi connectivity index (χ4v) is 3.30. The summed E-state index contributed by atoms with van der Waals surface area (Å²) in [6.07, 6.45) is 2.34. The van der Waals surface area contributed by atoms with Crippen molar-refractivity contribution in [1.82, 2.24) is 9.78 Å². The van der Waals surface area contributed by atoms with Gasteiger partial charge in [0.15, 0.2) is 0 Å². The van der Waals surface area contributed by atoms with E-state index in [1.165, 1.54) is 4.68 Å². The van der Waals surface area contributed by atoms with Crippen LogP contribution in [0.4, 0.5) is 11.4 Å². The highest BCUT2D eigenvalue weighted by Gasteiger charge is 2.29. The average molecular weight is 402 g/mol. The zero-order chi connectivity index (χ0) is 20.8. The minimum Gasteiger partial charge on any atom is -0.497 e. The van der Waals surface area contributed by atoms with Gasteiger partial charge in [-0.15, -0.1) is 0 Å². The molecule has 0 spiro atoms. The van der Waals surface area contributed by atoms with Gasteiger partial charge in [0, 0.05) is 32.3 Å². The summed E-state index contributed by atoms with van der Waals surface area (Å²) < 4.78 is 16.9. The molecule has 1 aromatic heterocycles. The minimum absolute atomic E-state index is 0.0968. The van der Waals surface area contributed by atoms with E-state index in [2.05, 4.69) is 10.4 Å². The lowest BCUT2D eigenvalue weighted by molar-refractivity contribution is -0.119. The number of amides is 1. The molecule has 3 rings (SSSR count). The summed E-state index contributed by atoms with van der Waals surface area (Å²) >= 11 is 0. The molecule has 0 bridgehead atoms. The Hall–Kier alpha value is -3.07. The van der Waals surface area contributed by atoms with Crippen molar-refractivity contribution in [3.8, 4) is 11.5 Å². The van der Waals surface area contributed by atoms with Crippen LogP contribution in [-0.4, -0.2) is 56.7 Å². The Labute approximate surface area is 169 Å². The molecular formula is C20H26N4O5. The van der Waals surface area contributed by atoms with E-state index in [-0.39, 0.29) is 17.4 Å². The van der Waals surface area contributed by atoms with Gasteiger partial charge in [-0.3, -0.25) is 9.59 Å². The summed E-state index contributed by atoms with van der Waals surface area (Å²) in [5, 5.41) is 7.12. The van der Waals surface area contributed by atoms with Gasteiger partial charge in [0.05, 0.1) is 50.9 Å². The Bertz CT molecular complexity index is 914. The Morgan fingerprint density at radius 2 is 2.07 bits per heavy atom. The van der Waals surface area contributed by atoms with E-state index < -0.39 is 0 Å². The molecule has 9 heteroatoms. The summed E-state index contributed by atoms with van der Waals surface area (Å²) in [5.41, 5.74) is 1.10. The molecule has 1 amide bonds. The molecule has 29 heavy (non-hydrogen) atoms. The highest BCUT2D eigenvalue weighted by atomic mass is 16.5. The molecule has 2 aromatic rings. The third-order valence-electron chi connectivity index (χ3n) is 4.95. The van der Waals surface area contributed by atoms with Gasteiger partial charge in [-0.1, -0.05) is 0 Å². The number of hydrogen-bond donors (Lipinski definition) is 1. The van der Waals surface area contributed by atoms with E-state index in [0.29, 0.717) is 49.8 Å². The maximum absolute atomic E-state index is 12.8. The smallest absolute Gasteiger partial charge is 0.268 e. The molecule has 1 aromatic carbocycles. The molecule has 1 aliphatic rings. The standard InChI is InChI=1S/C20H26N4O5/c1-27-9-8-24-19(25)10-15(12-21-24)23-7-6-14(13-23)20(26)22-17-11-16(28-2)4-5-18(17)29-3/h4-5,10-12,14H,6-9,13H2,1-3H3,(H,22,26). The molecule has 1 aliphatic heterocycles. The van der Waals surface area contributed by atoms with E-state index in [1.54, 1.807) is 51.8 Å². The number of ether oxygens (including phenoxy) is 3. The third-order valence-corrected chi connectivity index (χ3v) is 4.95. The van der Waals surface area contributed by atoms with E-state index in [9.17, 15) is 9.59 Å². The molecule has 1 unspecified atom stereocenters. The van der Waals surface area contributed by atoms with Crippen molar-refractivity contribution >= 4 is 17.3 Å². The fourth-order valence-electron chi connectivity index (χ4n) is 3.30. The van der Waals surface area contributed by atoms with Gasteiger partial charge in [0.1, 0.15) is 11.5 Å². The summed E-state index contributed by atoms with van der Waals surface area (Å²) in [5.74, 6) is 0.898. The van der Waals surface area contributed by atoms with Crippen molar-refractivity contribution in [3.63, 3.8) is 0 Å². The number of nitrogens with one attached hydrogen (secondary N) is 1. The van der Waals surface area contributed by atoms with Crippen molar-refractivity contribution in [2.45, 2.75) is 13.0 Å². The predicted octanol–water partition coefficient (Wildman–Crippen LogP) is 1.37. The lowest BCUT2D eigenvalue weighted by Crippen LogP contribution is -2.29. The quantitative estimate of drug-likeness (QED) is 0.713. The lowest BCUT2D eigenvalue weighted by atomic mass is 10.1. The summed E-state index contributed by atoms with van der Waals surface area (Å²) in [6.45, 7) is 2.02. The maximum atomic E-state index is 12.8. The molecule has 1 N–H and O–H groups in total. The molecule has 1 saturated heterocycles. The number of anilines is 2. The number of carbonyl (C=O) groups excluding carboxylic acids is 1. The van der Waals surface area contributed by atoms with Gasteiger partial charge in [0.25, 0.3) is 5.56 Å². The summed E-state index contributed by atoms with van der Waals surface area (Å²) in [6, 6.07) is 6.80. The average Bonchev–Trinajstić information content (AvgIpc) is 3.23. The molecule has 9 nitrogen and oxygen atoms in total. The van der Waals surface area contributed by atoms with Crippen LogP contribution in [0.5, 0.6) is 11.5 Å². The van der Waals surface area contributed by atoms with Crippen LogP contribution in [0.3, 0.4) is 0 Å². The van der Waals surface area contributed by atoms with E-state index in [0.717, 1.165) is 5.69 Å². The highest BCUT2D eigenvalue weighted by molar-refractivity contribution is 5.95. The van der Waals surface area contributed by atoms with Crippen LogP contribution in [0.25, 0.3) is 0 Å². The van der Waals surface area contributed by atoms with Crippen LogP contribution in [0.1, 0.15) is 6.42 Å². The largest absolute Gasteiger partial charge is 0.497 e. The number of carbonyl (C=O) groups is 1. The molecule has 0 aliphatic carbocycles. The Balaban J connectivity index is 1.66. The van der Waals surface area contributed by atoms with Crippen molar-refractivity contribution in [2.24, 2.45) is 5.92 Å². The topological polar surface area (TPSA) is 94.9 Å². The zero-order valence-corrected chi connectivity index (χ0v) is 16.9. The molecule has 2 heterocycles. The van der Waals surface area contributed by atoms with E-state index >= 15 is 0 Å². The van der Waals surface area contributed by atoms with Crippen LogP contribution >= 0.6 is 0 Å². The number of nitrogens with zero attached hydrogens (tertiary/aromatic N) is 3. The van der Waals surface area contributed by atoms with E-state index in [1.807, 2.05) is 4.90 Å². The second-order valence-electron chi connectivity index (χ2n) is 6.76. The fraction of sp³-hybridized carbons (Fsp3) is 0.450. The van der Waals surface area contributed by atoms with Crippen molar-refractivity contribution in [2.75, 3.05) is 51.2 Å². The van der Waals surface area contributed by atoms with Crippen LogP contribution in [-0.2, 0) is 16.1 Å². The van der Waals surface area contributed by atoms with Gasteiger partial charge in [-0.2, -0.15) is 5.10 Å². The first kappa shape index (κ1) is 20.7. The summed E-state index contributed by atoms with van der Waals surface area (Å²) in [4.78, 5) is 27.0. The molecule has 1 fully saturated rings. The predicted molar refractivity (Wildman–Crippen MR) is 109 cm³/mol. The SMILES string of the molecule is COCCn1ncc(N2CCC(C(=O)Nc3cc(OC)ccc3OC)C2)cc1=O. The minimum atomic E-state index is -0.207. The van der Waals surface area contributed by atoms with Crippen LogP contribution in [0, 0.1) is 5.92 Å². The second kappa shape index (κ2) is 9.42. The number of hydrogen-bond acceptors (Lipinski definition) is 7. The Morgan fingerprint density at radius 1 is 1.24 bits per heavy atom. The number of benzene rings is 1. The molecule has 0 saturated carbocycles. The first-order valence-corrected chi connectivity index (χ1v) is 9.39. The molecule has 0 radical (unpaired) electrons. The van der Waals surface area contributed by atoms with Gasteiger partial charge < -0.3 is 24.4 Å². The monoisotopic (exact) mass is 402 g/mol. The van der Waals surface area contributed by atoms with Crippen molar-refractivity contribution in [1.29, 1.82) is 0 Å². The van der Waals surface area contributed by atoms with Crippen molar-refractivity contribution in [3.05, 3.63) is 40.8 Å². The van der Waals surface area contributed by atoms with E-state index in [4.69, 9.17) is 14.2 Å². The first-order valence-electron chi connectivity index (χ1n) is 9.39. The third kappa shape index (κ3) is 4.86. The highest BCUT2D eigenvalue weighted by Crippen LogP contribution is 2.30. The Morgan fingerprint density at radius 3 is 2.76 bits per heavy atom. The normalized spacial score (nSPS) is 16.0. The lowest BCUT2D eigenvalue weighted by Gasteiger charge is -2.19. The van der Waals surface area contributed by atoms with Gasteiger partial charge in [0.2, 0.25) is 5.91 Å². The zero-order valence-electron chi connectivity index (χ0n) is 16.9. The Kier molecular flexibility index (Phi) is 6.71. The molecule has 1 atom stereocenters. The first-order chi connectivity index (χ1) is 14.0. The number of aromatic nitrogens is 2. The van der Waals surface area contributed by atoms with Crippen LogP contribution < -0.4 is 25.2 Å². The number of rotatable bonds is 8. The molecule has 156 valence electrons. The van der Waals surface area contributed by atoms with Gasteiger partial charge in [-0.25, -0.2) is 4.68 Å². The second-order valence-corrected chi connectivity index (χ2v) is 6.76. The van der Waals surface area contributed by atoms with Crippen LogP contribution in [0.15, 0.2) is 35.3 Å². The summed E-state index contributed by atoms with van der Waals surface area (Å²) in [7, 11) is 4.70.